The molecule has 0 aliphatic rings. The van der Waals surface area contributed by atoms with Crippen molar-refractivity contribution in [1.82, 2.24) is 15.3 Å². The van der Waals surface area contributed by atoms with Crippen molar-refractivity contribution >= 4 is 11.8 Å². The Bertz CT molecular complexity index is 423. The molecule has 19 heavy (non-hydrogen) atoms. The molecule has 108 valence electrons. The van der Waals surface area contributed by atoms with Crippen LogP contribution in [-0.4, -0.2) is 40.0 Å². The maximum atomic E-state index is 11.5. The molecule has 0 aliphatic heterocycles. The van der Waals surface area contributed by atoms with Gasteiger partial charge in [-0.3, -0.25) is 4.79 Å². The zero-order valence-corrected chi connectivity index (χ0v) is 12.4. The first-order chi connectivity index (χ1) is 9.15. The van der Waals surface area contributed by atoms with Crippen molar-refractivity contribution in [2.75, 3.05) is 18.8 Å². The molecule has 0 aliphatic carbocycles. The maximum Gasteiger partial charge on any atom is 0.251 e. The molecule has 0 fully saturated rings. The number of aromatic nitrogens is 2. The largest absolute Gasteiger partial charge is 0.391 e. The molecule has 6 heteroatoms. The Morgan fingerprint density at radius 3 is 2.95 bits per heavy atom. The van der Waals surface area contributed by atoms with Crippen molar-refractivity contribution in [2.45, 2.75) is 44.4 Å². The molecular formula is C13H23N3O2S. The van der Waals surface area contributed by atoms with Crippen molar-refractivity contribution < 1.29 is 5.11 Å². The predicted octanol–water partition coefficient (Wildman–Crippen LogP) is 1.18. The molecular weight excluding hydrogens is 262 g/mol. The minimum Gasteiger partial charge on any atom is -0.391 e. The molecule has 0 saturated carbocycles. The van der Waals surface area contributed by atoms with Crippen LogP contribution >= 0.6 is 11.8 Å². The van der Waals surface area contributed by atoms with Gasteiger partial charge in [0.05, 0.1) is 6.10 Å². The van der Waals surface area contributed by atoms with Crippen LogP contribution in [0.4, 0.5) is 0 Å². The number of aliphatic hydroxyl groups is 1. The highest BCUT2D eigenvalue weighted by molar-refractivity contribution is 7.99. The molecule has 0 spiro atoms. The van der Waals surface area contributed by atoms with E-state index in [2.05, 4.69) is 29.1 Å². The molecule has 0 radical (unpaired) electrons. The van der Waals surface area contributed by atoms with E-state index in [4.69, 9.17) is 0 Å². The summed E-state index contributed by atoms with van der Waals surface area (Å²) in [6.45, 7) is 5.61. The summed E-state index contributed by atoms with van der Waals surface area (Å²) in [6, 6.07) is 1.53. The number of aryl methyl sites for hydroxylation is 1. The zero-order valence-electron chi connectivity index (χ0n) is 11.6. The molecule has 0 bridgehead atoms. The minimum absolute atomic E-state index is 0.125. The van der Waals surface area contributed by atoms with E-state index in [1.54, 1.807) is 0 Å². The number of rotatable bonds is 9. The highest BCUT2D eigenvalue weighted by Gasteiger charge is 2.07. The Labute approximate surface area is 118 Å². The van der Waals surface area contributed by atoms with Gasteiger partial charge in [0.1, 0.15) is 0 Å². The van der Waals surface area contributed by atoms with E-state index in [0.717, 1.165) is 31.5 Å². The Morgan fingerprint density at radius 1 is 1.47 bits per heavy atom. The Hall–Kier alpha value is -0.850. The van der Waals surface area contributed by atoms with Gasteiger partial charge >= 0.3 is 0 Å². The van der Waals surface area contributed by atoms with Crippen molar-refractivity contribution in [2.24, 2.45) is 0 Å². The van der Waals surface area contributed by atoms with Gasteiger partial charge in [-0.2, -0.15) is 0 Å². The summed E-state index contributed by atoms with van der Waals surface area (Å²) in [4.78, 5) is 18.5. The van der Waals surface area contributed by atoms with Gasteiger partial charge in [-0.15, -0.1) is 0 Å². The molecule has 1 unspecified atom stereocenters. The van der Waals surface area contributed by atoms with Gasteiger partial charge < -0.3 is 15.4 Å². The fraction of sp³-hybridized carbons (Fsp3) is 0.692. The summed E-state index contributed by atoms with van der Waals surface area (Å²) >= 11 is 1.38. The number of nitrogens with one attached hydrogen (secondary N) is 2. The molecule has 3 N–H and O–H groups in total. The van der Waals surface area contributed by atoms with Gasteiger partial charge in [-0.25, -0.2) is 4.98 Å². The van der Waals surface area contributed by atoms with Crippen molar-refractivity contribution in [1.29, 1.82) is 0 Å². The van der Waals surface area contributed by atoms with Gasteiger partial charge in [-0.1, -0.05) is 32.0 Å². The smallest absolute Gasteiger partial charge is 0.251 e. The monoisotopic (exact) mass is 285 g/mol. The normalized spacial score (nSPS) is 12.6. The van der Waals surface area contributed by atoms with Gasteiger partial charge in [-0.05, 0) is 19.4 Å². The van der Waals surface area contributed by atoms with Crippen LogP contribution in [0.5, 0.6) is 0 Å². The van der Waals surface area contributed by atoms with E-state index < -0.39 is 6.10 Å². The summed E-state index contributed by atoms with van der Waals surface area (Å²) in [5, 5.41) is 13.5. The Kier molecular flexibility index (Phi) is 7.78. The molecule has 0 aromatic carbocycles. The number of hydrogen-bond acceptors (Lipinski definition) is 5. The quantitative estimate of drug-likeness (QED) is 0.361. The van der Waals surface area contributed by atoms with Crippen LogP contribution in [0, 0.1) is 0 Å². The topological polar surface area (TPSA) is 78.0 Å². The van der Waals surface area contributed by atoms with Crippen LogP contribution in [0.2, 0.25) is 0 Å². The van der Waals surface area contributed by atoms with Crippen molar-refractivity contribution in [3.63, 3.8) is 0 Å². The SMILES string of the molecule is CCCNCC(O)CSc1nc(CCC)cc(=O)[nH]1. The van der Waals surface area contributed by atoms with Crippen LogP contribution in [0.1, 0.15) is 32.4 Å². The number of aromatic amines is 1. The zero-order chi connectivity index (χ0) is 14.1. The second-order valence-electron chi connectivity index (χ2n) is 4.46. The highest BCUT2D eigenvalue weighted by atomic mass is 32.2. The lowest BCUT2D eigenvalue weighted by atomic mass is 10.2. The lowest BCUT2D eigenvalue weighted by molar-refractivity contribution is 0.196. The van der Waals surface area contributed by atoms with E-state index in [9.17, 15) is 9.90 Å². The number of nitrogens with zero attached hydrogens (tertiary/aromatic N) is 1. The third kappa shape index (κ3) is 6.75. The van der Waals surface area contributed by atoms with Crippen LogP contribution in [-0.2, 0) is 6.42 Å². The molecule has 0 amide bonds. The van der Waals surface area contributed by atoms with Crippen LogP contribution < -0.4 is 10.9 Å². The Morgan fingerprint density at radius 2 is 2.26 bits per heavy atom. The van der Waals surface area contributed by atoms with Crippen molar-refractivity contribution in [3.8, 4) is 0 Å². The van der Waals surface area contributed by atoms with Crippen LogP contribution in [0.15, 0.2) is 16.0 Å². The first-order valence-corrected chi connectivity index (χ1v) is 7.76. The van der Waals surface area contributed by atoms with E-state index in [1.165, 1.54) is 17.8 Å². The summed E-state index contributed by atoms with van der Waals surface area (Å²) in [6.07, 6.45) is 2.38. The maximum absolute atomic E-state index is 11.5. The molecule has 1 rings (SSSR count). The molecule has 1 heterocycles. The fourth-order valence-electron chi connectivity index (χ4n) is 1.62. The van der Waals surface area contributed by atoms with Crippen molar-refractivity contribution in [3.05, 3.63) is 22.1 Å². The second kappa shape index (κ2) is 9.12. The minimum atomic E-state index is -0.434. The number of hydrogen-bond donors (Lipinski definition) is 3. The van der Waals surface area contributed by atoms with Crippen LogP contribution in [0.25, 0.3) is 0 Å². The van der Waals surface area contributed by atoms with Gasteiger partial charge in [0.25, 0.3) is 5.56 Å². The molecule has 0 saturated heterocycles. The number of aliphatic hydroxyl groups excluding tert-OH is 1. The fourth-order valence-corrected chi connectivity index (χ4v) is 2.44. The van der Waals surface area contributed by atoms with Gasteiger partial charge in [0.15, 0.2) is 5.16 Å². The second-order valence-corrected chi connectivity index (χ2v) is 5.47. The lowest BCUT2D eigenvalue weighted by Gasteiger charge is -2.10. The van der Waals surface area contributed by atoms with E-state index >= 15 is 0 Å². The van der Waals surface area contributed by atoms with Gasteiger partial charge in [0, 0.05) is 24.1 Å². The standard InChI is InChI=1S/C13H23N3O2S/c1-3-5-10-7-12(18)16-13(15-10)19-9-11(17)8-14-6-4-2/h7,11,14,17H,3-6,8-9H2,1-2H3,(H,15,16,18). The van der Waals surface area contributed by atoms with E-state index in [0.29, 0.717) is 17.5 Å². The molecule has 1 aromatic rings. The average Bonchev–Trinajstić information content (AvgIpc) is 2.36. The first-order valence-electron chi connectivity index (χ1n) is 6.77. The highest BCUT2D eigenvalue weighted by Crippen LogP contribution is 2.13. The number of thioether (sulfide) groups is 1. The lowest BCUT2D eigenvalue weighted by Crippen LogP contribution is -2.29. The summed E-state index contributed by atoms with van der Waals surface area (Å²) < 4.78 is 0. The molecule has 5 nitrogen and oxygen atoms in total. The molecule has 1 aromatic heterocycles. The third-order valence-corrected chi connectivity index (χ3v) is 3.52. The number of H-pyrrole nitrogens is 1. The first kappa shape index (κ1) is 16.2. The molecule has 1 atom stereocenters. The average molecular weight is 285 g/mol. The summed E-state index contributed by atoms with van der Waals surface area (Å²) in [5.41, 5.74) is 0.687. The van der Waals surface area contributed by atoms with Crippen LogP contribution in [0.3, 0.4) is 0 Å². The predicted molar refractivity (Wildman–Crippen MR) is 78.7 cm³/mol. The third-order valence-electron chi connectivity index (χ3n) is 2.50. The van der Waals surface area contributed by atoms with Gasteiger partial charge in [0.2, 0.25) is 0 Å². The Balaban J connectivity index is 2.45. The van der Waals surface area contributed by atoms with E-state index in [-0.39, 0.29) is 5.56 Å². The summed E-state index contributed by atoms with van der Waals surface area (Å²) in [5.74, 6) is 0.523. The summed E-state index contributed by atoms with van der Waals surface area (Å²) in [7, 11) is 0. The van der Waals surface area contributed by atoms with E-state index in [1.807, 2.05) is 0 Å².